The predicted molar refractivity (Wildman–Crippen MR) is 100 cm³/mol. The number of ether oxygens (including phenoxy) is 1. The number of nitrogens with zero attached hydrogens (tertiary/aromatic N) is 3. The van der Waals surface area contributed by atoms with E-state index in [0.29, 0.717) is 16.8 Å². The number of hydrogen-bond acceptors (Lipinski definition) is 7. The maximum Gasteiger partial charge on any atom is 0.289 e. The molecule has 10 heteroatoms. The molecule has 142 valence electrons. The molecule has 0 spiro atoms. The monoisotopic (exact) mass is 381 g/mol. The number of phenolic OH excluding ortho intramolecular Hbond substituents is 1. The summed E-state index contributed by atoms with van der Waals surface area (Å²) in [7, 11) is 1.43. The van der Waals surface area contributed by atoms with Crippen LogP contribution in [0.2, 0.25) is 0 Å². The van der Waals surface area contributed by atoms with Crippen molar-refractivity contribution in [2.75, 3.05) is 7.11 Å². The largest absolute Gasteiger partial charge is 0.504 e. The smallest absolute Gasteiger partial charge is 0.289 e. The number of phenols is 1. The summed E-state index contributed by atoms with van der Waals surface area (Å²) in [6.07, 6.45) is 1.27. The molecule has 3 rings (SSSR count). The number of amides is 1. The molecule has 0 aliphatic rings. The van der Waals surface area contributed by atoms with Crippen LogP contribution in [0.15, 0.2) is 53.6 Å². The second-order valence-electron chi connectivity index (χ2n) is 5.57. The molecule has 3 aromatic rings. The van der Waals surface area contributed by atoms with Gasteiger partial charge in [0, 0.05) is 23.3 Å². The third-order valence-electron chi connectivity index (χ3n) is 3.80. The number of carbonyl (C=O) groups excluding carboxylic acids is 1. The number of aromatic hydroxyl groups is 1. The molecule has 0 saturated carbocycles. The van der Waals surface area contributed by atoms with Gasteiger partial charge in [-0.2, -0.15) is 10.2 Å². The van der Waals surface area contributed by atoms with E-state index >= 15 is 0 Å². The Labute approximate surface area is 158 Å². The number of rotatable bonds is 6. The van der Waals surface area contributed by atoms with Gasteiger partial charge in [0.2, 0.25) is 0 Å². The van der Waals surface area contributed by atoms with Gasteiger partial charge in [0.1, 0.15) is 5.69 Å². The van der Waals surface area contributed by atoms with Gasteiger partial charge >= 0.3 is 0 Å². The van der Waals surface area contributed by atoms with Crippen molar-refractivity contribution in [3.8, 4) is 22.8 Å². The Hall–Kier alpha value is -4.21. The van der Waals surface area contributed by atoms with Gasteiger partial charge in [-0.3, -0.25) is 20.0 Å². The van der Waals surface area contributed by atoms with Crippen LogP contribution in [0.4, 0.5) is 5.69 Å². The summed E-state index contributed by atoms with van der Waals surface area (Å²) in [6, 6.07) is 12.2. The van der Waals surface area contributed by atoms with E-state index in [1.807, 2.05) is 0 Å². The number of aromatic nitrogens is 2. The van der Waals surface area contributed by atoms with E-state index in [1.165, 1.54) is 37.6 Å². The Morgan fingerprint density at radius 2 is 2.11 bits per heavy atom. The Morgan fingerprint density at radius 1 is 1.32 bits per heavy atom. The van der Waals surface area contributed by atoms with Gasteiger partial charge in [-0.1, -0.05) is 18.2 Å². The van der Waals surface area contributed by atoms with E-state index in [0.717, 1.165) is 0 Å². The fraction of sp³-hybridized carbons (Fsp3) is 0.0556. The van der Waals surface area contributed by atoms with E-state index in [4.69, 9.17) is 4.74 Å². The number of non-ortho nitro benzene ring substituents is 1. The molecule has 0 fully saturated rings. The molecule has 1 aromatic heterocycles. The highest BCUT2D eigenvalue weighted by molar-refractivity contribution is 5.94. The zero-order valence-corrected chi connectivity index (χ0v) is 14.6. The van der Waals surface area contributed by atoms with Crippen LogP contribution in [-0.4, -0.2) is 39.5 Å². The molecule has 10 nitrogen and oxygen atoms in total. The molecule has 2 aromatic carbocycles. The summed E-state index contributed by atoms with van der Waals surface area (Å²) in [6.45, 7) is 0. The lowest BCUT2D eigenvalue weighted by molar-refractivity contribution is -0.384. The van der Waals surface area contributed by atoms with Gasteiger partial charge in [-0.05, 0) is 18.2 Å². The third-order valence-corrected chi connectivity index (χ3v) is 3.80. The molecule has 0 bridgehead atoms. The number of aromatic amines is 1. The van der Waals surface area contributed by atoms with Crippen molar-refractivity contribution < 1.29 is 19.6 Å². The lowest BCUT2D eigenvalue weighted by Crippen LogP contribution is -2.18. The number of nitrogens with one attached hydrogen (secondary N) is 2. The number of nitro groups is 1. The van der Waals surface area contributed by atoms with Crippen molar-refractivity contribution in [2.45, 2.75) is 0 Å². The number of nitro benzene ring substituents is 1. The predicted octanol–water partition coefficient (Wildman–Crippen LogP) is 2.46. The number of hydrogen-bond donors (Lipinski definition) is 3. The molecule has 3 N–H and O–H groups in total. The van der Waals surface area contributed by atoms with E-state index < -0.39 is 10.8 Å². The summed E-state index contributed by atoms with van der Waals surface area (Å²) in [5.74, 6) is -0.384. The number of methoxy groups -OCH3 is 1. The first kappa shape index (κ1) is 18.6. The quantitative estimate of drug-likeness (QED) is 0.340. The SMILES string of the molecule is COc1cccc(/C=N/NC(=O)c2cc(-c3cccc([N+](=O)[O-])c3)n[nH]2)c1O. The first-order chi connectivity index (χ1) is 13.5. The number of H-pyrrole nitrogens is 1. The van der Waals surface area contributed by atoms with Crippen LogP contribution in [0, 0.1) is 10.1 Å². The fourth-order valence-electron chi connectivity index (χ4n) is 2.39. The van der Waals surface area contributed by atoms with E-state index in [9.17, 15) is 20.0 Å². The first-order valence-corrected chi connectivity index (χ1v) is 7.99. The minimum Gasteiger partial charge on any atom is -0.504 e. The highest BCUT2D eigenvalue weighted by atomic mass is 16.6. The molecule has 0 saturated heterocycles. The van der Waals surface area contributed by atoms with Crippen LogP contribution in [-0.2, 0) is 0 Å². The van der Waals surface area contributed by atoms with Crippen LogP contribution in [0.5, 0.6) is 11.5 Å². The normalized spacial score (nSPS) is 10.8. The third kappa shape index (κ3) is 3.96. The molecular weight excluding hydrogens is 366 g/mol. The topological polar surface area (TPSA) is 143 Å². The van der Waals surface area contributed by atoms with Gasteiger partial charge in [0.15, 0.2) is 11.5 Å². The molecule has 28 heavy (non-hydrogen) atoms. The van der Waals surface area contributed by atoms with Gasteiger partial charge in [0.25, 0.3) is 11.6 Å². The Bertz CT molecular complexity index is 1060. The van der Waals surface area contributed by atoms with Gasteiger partial charge in [-0.25, -0.2) is 5.43 Å². The molecule has 1 heterocycles. The highest BCUT2D eigenvalue weighted by Crippen LogP contribution is 2.28. The van der Waals surface area contributed by atoms with Crippen LogP contribution >= 0.6 is 0 Å². The number of benzene rings is 2. The van der Waals surface area contributed by atoms with Gasteiger partial charge < -0.3 is 9.84 Å². The van der Waals surface area contributed by atoms with Crippen LogP contribution in [0.3, 0.4) is 0 Å². The summed E-state index contributed by atoms with van der Waals surface area (Å²) >= 11 is 0. The summed E-state index contributed by atoms with van der Waals surface area (Å²) in [4.78, 5) is 22.5. The number of hydrazone groups is 1. The van der Waals surface area contributed by atoms with Crippen molar-refractivity contribution in [1.82, 2.24) is 15.6 Å². The van der Waals surface area contributed by atoms with Crippen molar-refractivity contribution in [2.24, 2.45) is 5.10 Å². The van der Waals surface area contributed by atoms with Crippen molar-refractivity contribution in [3.63, 3.8) is 0 Å². The van der Waals surface area contributed by atoms with Crippen molar-refractivity contribution in [1.29, 1.82) is 0 Å². The Kier molecular flexibility index (Phi) is 5.30. The lowest BCUT2D eigenvalue weighted by atomic mass is 10.1. The second-order valence-corrected chi connectivity index (χ2v) is 5.57. The van der Waals surface area contributed by atoms with Crippen molar-refractivity contribution in [3.05, 3.63) is 69.9 Å². The molecule has 0 atom stereocenters. The Balaban J connectivity index is 1.71. The average molecular weight is 381 g/mol. The number of para-hydroxylation sites is 1. The minimum atomic E-state index is -0.567. The first-order valence-electron chi connectivity index (χ1n) is 7.99. The zero-order chi connectivity index (χ0) is 20.1. The lowest BCUT2D eigenvalue weighted by Gasteiger charge is -2.04. The standard InChI is InChI=1S/C18H15N5O5/c1-28-16-7-3-5-12(17(16)24)10-19-22-18(25)15-9-14(20-21-15)11-4-2-6-13(8-11)23(26)27/h2-10,24H,1H3,(H,20,21)(H,22,25)/b19-10+. The molecule has 0 aliphatic carbocycles. The summed E-state index contributed by atoms with van der Waals surface area (Å²) in [5, 5.41) is 31.2. The minimum absolute atomic E-state index is 0.0748. The second kappa shape index (κ2) is 7.99. The average Bonchev–Trinajstić information content (AvgIpc) is 3.19. The van der Waals surface area contributed by atoms with E-state index in [-0.39, 0.29) is 22.9 Å². The van der Waals surface area contributed by atoms with E-state index in [2.05, 4.69) is 20.7 Å². The fourth-order valence-corrected chi connectivity index (χ4v) is 2.39. The molecule has 1 amide bonds. The maximum atomic E-state index is 12.2. The summed E-state index contributed by atoms with van der Waals surface area (Å²) < 4.78 is 5.00. The van der Waals surface area contributed by atoms with Gasteiger partial charge in [0.05, 0.1) is 23.9 Å². The van der Waals surface area contributed by atoms with Crippen LogP contribution in [0.1, 0.15) is 16.1 Å². The van der Waals surface area contributed by atoms with Crippen LogP contribution < -0.4 is 10.2 Å². The Morgan fingerprint density at radius 3 is 2.86 bits per heavy atom. The van der Waals surface area contributed by atoms with Gasteiger partial charge in [-0.15, -0.1) is 0 Å². The number of carbonyl (C=O) groups is 1. The van der Waals surface area contributed by atoms with E-state index in [1.54, 1.807) is 24.3 Å². The van der Waals surface area contributed by atoms with Crippen molar-refractivity contribution >= 4 is 17.8 Å². The molecule has 0 aliphatic heterocycles. The molecule has 0 radical (unpaired) electrons. The summed E-state index contributed by atoms with van der Waals surface area (Å²) in [5.41, 5.74) is 3.59. The zero-order valence-electron chi connectivity index (χ0n) is 14.6. The van der Waals surface area contributed by atoms with Crippen LogP contribution in [0.25, 0.3) is 11.3 Å². The molecular formula is C18H15N5O5. The maximum absolute atomic E-state index is 12.2. The molecule has 0 unspecified atom stereocenters. The highest BCUT2D eigenvalue weighted by Gasteiger charge is 2.13.